The molecule has 0 atom stereocenters. The third-order valence-electron chi connectivity index (χ3n) is 4.40. The fourth-order valence-corrected chi connectivity index (χ4v) is 5.56. The van der Waals surface area contributed by atoms with Crippen molar-refractivity contribution >= 4 is 32.8 Å². The lowest BCUT2D eigenvalue weighted by Gasteiger charge is -2.13. The Morgan fingerprint density at radius 1 is 1.16 bits per heavy atom. The molecular formula is C18H22N2O3S2. The maximum Gasteiger partial charge on any atom is 0.239 e. The van der Waals surface area contributed by atoms with Crippen LogP contribution in [0.3, 0.4) is 0 Å². The van der Waals surface area contributed by atoms with Crippen molar-refractivity contribution in [2.24, 2.45) is 0 Å². The van der Waals surface area contributed by atoms with Crippen LogP contribution in [-0.4, -0.2) is 26.1 Å². The molecule has 0 bridgehead atoms. The average molecular weight is 379 g/mol. The summed E-state index contributed by atoms with van der Waals surface area (Å²) >= 11 is 1.59. The highest BCUT2D eigenvalue weighted by Crippen LogP contribution is 2.30. The molecule has 3 rings (SSSR count). The van der Waals surface area contributed by atoms with Crippen molar-refractivity contribution < 1.29 is 13.2 Å². The Kier molecular flexibility index (Phi) is 5.75. The summed E-state index contributed by atoms with van der Waals surface area (Å²) in [6.45, 7) is 0.618. The lowest BCUT2D eigenvalue weighted by Crippen LogP contribution is -2.29. The van der Waals surface area contributed by atoms with Gasteiger partial charge in [-0.3, -0.25) is 4.79 Å². The van der Waals surface area contributed by atoms with Crippen LogP contribution in [-0.2, 0) is 21.2 Å². The van der Waals surface area contributed by atoms with Crippen molar-refractivity contribution in [1.82, 2.24) is 5.32 Å². The highest BCUT2D eigenvalue weighted by Gasteiger charge is 2.30. The molecule has 1 heterocycles. The highest BCUT2D eigenvalue weighted by atomic mass is 32.2. The zero-order chi connectivity index (χ0) is 17.7. The minimum absolute atomic E-state index is 0.109. The first kappa shape index (κ1) is 17.9. The van der Waals surface area contributed by atoms with E-state index >= 15 is 0 Å². The Hall–Kier alpha value is -1.86. The molecule has 0 aliphatic heterocycles. The van der Waals surface area contributed by atoms with Gasteiger partial charge in [0.15, 0.2) is 9.84 Å². The van der Waals surface area contributed by atoms with Crippen molar-refractivity contribution in [3.05, 3.63) is 46.7 Å². The van der Waals surface area contributed by atoms with Gasteiger partial charge in [0, 0.05) is 10.6 Å². The summed E-state index contributed by atoms with van der Waals surface area (Å²) < 4.78 is 25.3. The van der Waals surface area contributed by atoms with Crippen molar-refractivity contribution in [3.8, 4) is 0 Å². The second-order valence-electron chi connectivity index (χ2n) is 6.19. The first-order chi connectivity index (χ1) is 12.1. The number of hydrogen-bond acceptors (Lipinski definition) is 5. The van der Waals surface area contributed by atoms with Gasteiger partial charge in [-0.2, -0.15) is 0 Å². The molecule has 1 amide bonds. The predicted molar refractivity (Wildman–Crippen MR) is 101 cm³/mol. The molecule has 2 aromatic rings. The van der Waals surface area contributed by atoms with Gasteiger partial charge in [-0.15, -0.1) is 11.3 Å². The van der Waals surface area contributed by atoms with Crippen LogP contribution in [0.15, 0.2) is 46.7 Å². The van der Waals surface area contributed by atoms with Gasteiger partial charge in [-0.25, -0.2) is 8.42 Å². The van der Waals surface area contributed by atoms with Gasteiger partial charge < -0.3 is 10.6 Å². The molecule has 5 nitrogen and oxygen atoms in total. The van der Waals surface area contributed by atoms with Crippen LogP contribution in [0.2, 0.25) is 0 Å². The van der Waals surface area contributed by atoms with E-state index in [1.807, 2.05) is 17.5 Å². The third-order valence-corrected chi connectivity index (χ3v) is 7.53. The van der Waals surface area contributed by atoms with Crippen LogP contribution in [0.4, 0.5) is 5.69 Å². The Balaban J connectivity index is 1.57. The lowest BCUT2D eigenvalue weighted by atomic mass is 10.3. The second-order valence-corrected chi connectivity index (χ2v) is 9.45. The smallest absolute Gasteiger partial charge is 0.239 e. The molecule has 7 heteroatoms. The number of carbonyl (C=O) groups excluding carboxylic acids is 1. The van der Waals surface area contributed by atoms with E-state index in [0.717, 1.165) is 30.6 Å². The van der Waals surface area contributed by atoms with Crippen molar-refractivity contribution in [2.75, 3.05) is 11.9 Å². The summed E-state index contributed by atoms with van der Waals surface area (Å²) in [5, 5.41) is 7.54. The lowest BCUT2D eigenvalue weighted by molar-refractivity contribution is -0.119. The topological polar surface area (TPSA) is 75.3 Å². The monoisotopic (exact) mass is 378 g/mol. The summed E-state index contributed by atoms with van der Waals surface area (Å²) in [6.07, 6.45) is 3.44. The zero-order valence-corrected chi connectivity index (χ0v) is 15.5. The molecule has 0 unspecified atom stereocenters. The number of benzene rings is 1. The van der Waals surface area contributed by atoms with Gasteiger partial charge in [0.25, 0.3) is 0 Å². The summed E-state index contributed by atoms with van der Waals surface area (Å²) in [6, 6.07) is 10.7. The second kappa shape index (κ2) is 8.01. The van der Waals surface area contributed by atoms with E-state index in [1.54, 1.807) is 35.6 Å². The van der Waals surface area contributed by atoms with E-state index in [4.69, 9.17) is 0 Å². The number of rotatable bonds is 7. The quantitative estimate of drug-likeness (QED) is 0.776. The maximum atomic E-state index is 12.7. The van der Waals surface area contributed by atoms with E-state index in [-0.39, 0.29) is 17.7 Å². The van der Waals surface area contributed by atoms with Crippen LogP contribution in [0.5, 0.6) is 0 Å². The molecule has 1 aromatic heterocycles. The van der Waals surface area contributed by atoms with Crippen LogP contribution in [0.25, 0.3) is 0 Å². The number of hydrogen-bond donors (Lipinski definition) is 2. The molecule has 0 saturated heterocycles. The highest BCUT2D eigenvalue weighted by molar-refractivity contribution is 7.92. The van der Waals surface area contributed by atoms with Crippen LogP contribution >= 0.6 is 11.3 Å². The van der Waals surface area contributed by atoms with Gasteiger partial charge in [0.2, 0.25) is 5.91 Å². The minimum Gasteiger partial charge on any atom is -0.376 e. The van der Waals surface area contributed by atoms with E-state index in [0.29, 0.717) is 17.1 Å². The normalized spacial score (nSPS) is 15.2. The third kappa shape index (κ3) is 4.61. The summed E-state index contributed by atoms with van der Waals surface area (Å²) in [5.41, 5.74) is 0.644. The molecular weight excluding hydrogens is 356 g/mol. The van der Waals surface area contributed by atoms with Crippen molar-refractivity contribution in [2.45, 2.75) is 42.4 Å². The van der Waals surface area contributed by atoms with Gasteiger partial charge in [-0.05, 0) is 42.5 Å². The standard InChI is InChI=1S/C18H22N2O3S2/c21-18(20-12-15-6-4-10-24-15)13-19-14-5-3-9-17(11-14)25(22,23)16-7-1-2-8-16/h3-6,9-11,16,19H,1-2,7-8,12-13H2,(H,20,21). The Bertz CT molecular complexity index is 811. The van der Waals surface area contributed by atoms with Gasteiger partial charge in [-0.1, -0.05) is 25.0 Å². The summed E-state index contributed by atoms with van der Waals surface area (Å²) in [5.74, 6) is -0.127. The SMILES string of the molecule is O=C(CNc1cccc(S(=O)(=O)C2CCCC2)c1)NCc1cccs1. The Morgan fingerprint density at radius 2 is 1.96 bits per heavy atom. The van der Waals surface area contributed by atoms with E-state index in [2.05, 4.69) is 10.6 Å². The van der Waals surface area contributed by atoms with Gasteiger partial charge >= 0.3 is 0 Å². The summed E-state index contributed by atoms with van der Waals surface area (Å²) in [7, 11) is -3.28. The van der Waals surface area contributed by atoms with Gasteiger partial charge in [0.05, 0.1) is 23.2 Å². The molecule has 25 heavy (non-hydrogen) atoms. The Labute approximate surface area is 152 Å². The Morgan fingerprint density at radius 3 is 2.68 bits per heavy atom. The van der Waals surface area contributed by atoms with Crippen LogP contribution in [0, 0.1) is 0 Å². The van der Waals surface area contributed by atoms with E-state index in [1.165, 1.54) is 0 Å². The largest absolute Gasteiger partial charge is 0.376 e. The molecule has 1 aromatic carbocycles. The maximum absolute atomic E-state index is 12.7. The number of thiophene rings is 1. The zero-order valence-electron chi connectivity index (χ0n) is 13.9. The molecule has 2 N–H and O–H groups in total. The summed E-state index contributed by atoms with van der Waals surface area (Å²) in [4.78, 5) is 13.3. The van der Waals surface area contributed by atoms with E-state index in [9.17, 15) is 13.2 Å². The molecule has 0 spiro atoms. The molecule has 1 aliphatic rings. The number of amides is 1. The van der Waals surface area contributed by atoms with Crippen LogP contribution < -0.4 is 10.6 Å². The van der Waals surface area contributed by atoms with Crippen molar-refractivity contribution in [3.63, 3.8) is 0 Å². The molecule has 1 fully saturated rings. The number of anilines is 1. The first-order valence-electron chi connectivity index (χ1n) is 8.42. The number of carbonyl (C=O) groups is 1. The molecule has 1 saturated carbocycles. The van der Waals surface area contributed by atoms with Crippen molar-refractivity contribution in [1.29, 1.82) is 0 Å². The first-order valence-corrected chi connectivity index (χ1v) is 10.9. The molecule has 0 radical (unpaired) electrons. The number of nitrogens with one attached hydrogen (secondary N) is 2. The minimum atomic E-state index is -3.28. The fraction of sp³-hybridized carbons (Fsp3) is 0.389. The molecule has 1 aliphatic carbocycles. The van der Waals surface area contributed by atoms with Crippen LogP contribution in [0.1, 0.15) is 30.6 Å². The van der Waals surface area contributed by atoms with Gasteiger partial charge in [0.1, 0.15) is 0 Å². The number of sulfone groups is 1. The predicted octanol–water partition coefficient (Wildman–Crippen LogP) is 3.19. The fourth-order valence-electron chi connectivity index (χ4n) is 3.02. The van der Waals surface area contributed by atoms with E-state index < -0.39 is 9.84 Å². The average Bonchev–Trinajstić information content (AvgIpc) is 3.32. The molecule has 134 valence electrons.